The number of rotatable bonds is 5. The highest BCUT2D eigenvalue weighted by molar-refractivity contribution is 6.30. The second kappa shape index (κ2) is 8.25. The maximum atomic E-state index is 5.94. The van der Waals surface area contributed by atoms with Crippen LogP contribution in [0.3, 0.4) is 0 Å². The van der Waals surface area contributed by atoms with E-state index in [1.54, 1.807) is 0 Å². The van der Waals surface area contributed by atoms with Gasteiger partial charge in [0.25, 0.3) is 0 Å². The van der Waals surface area contributed by atoms with Crippen molar-refractivity contribution in [3.05, 3.63) is 107 Å². The van der Waals surface area contributed by atoms with Gasteiger partial charge >= 0.3 is 0 Å². The van der Waals surface area contributed by atoms with Gasteiger partial charge in [-0.3, -0.25) is 0 Å². The van der Waals surface area contributed by atoms with Crippen LogP contribution in [-0.4, -0.2) is 14.6 Å². The van der Waals surface area contributed by atoms with Gasteiger partial charge < -0.3 is 4.74 Å². The minimum Gasteiger partial charge on any atom is -0.489 e. The Bertz CT molecular complexity index is 1330. The molecular weight excluding hydrogens is 406 g/mol. The van der Waals surface area contributed by atoms with Gasteiger partial charge in [-0.05, 0) is 60.5 Å². The highest BCUT2D eigenvalue weighted by atomic mass is 35.5. The van der Waals surface area contributed by atoms with Gasteiger partial charge in [0, 0.05) is 22.3 Å². The predicted octanol–water partition coefficient (Wildman–Crippen LogP) is 6.60. The van der Waals surface area contributed by atoms with Gasteiger partial charge in [-0.2, -0.15) is 5.10 Å². The molecule has 0 radical (unpaired) electrons. The summed E-state index contributed by atoms with van der Waals surface area (Å²) in [4.78, 5) is 4.62. The van der Waals surface area contributed by atoms with E-state index in [9.17, 15) is 0 Å². The molecule has 4 nitrogen and oxygen atoms in total. The summed E-state index contributed by atoms with van der Waals surface area (Å²) < 4.78 is 7.83. The molecule has 152 valence electrons. The van der Waals surface area contributed by atoms with Crippen molar-refractivity contribution in [2.45, 2.75) is 13.5 Å². The van der Waals surface area contributed by atoms with Crippen LogP contribution in [-0.2, 0) is 6.61 Å². The Morgan fingerprint density at radius 2 is 1.58 bits per heavy atom. The van der Waals surface area contributed by atoms with Crippen LogP contribution in [0.25, 0.3) is 28.0 Å². The molecule has 0 aliphatic rings. The van der Waals surface area contributed by atoms with E-state index in [4.69, 9.17) is 21.4 Å². The Hall–Kier alpha value is -3.63. The van der Waals surface area contributed by atoms with Crippen molar-refractivity contribution >= 4 is 17.2 Å². The number of aryl methyl sites for hydroxylation is 1. The van der Waals surface area contributed by atoms with E-state index in [0.717, 1.165) is 50.1 Å². The van der Waals surface area contributed by atoms with Crippen LogP contribution >= 0.6 is 11.6 Å². The van der Waals surface area contributed by atoms with E-state index >= 15 is 0 Å². The number of halogens is 1. The summed E-state index contributed by atoms with van der Waals surface area (Å²) in [5.74, 6) is 0.811. The zero-order valence-corrected chi connectivity index (χ0v) is 17.8. The summed E-state index contributed by atoms with van der Waals surface area (Å²) in [5, 5.41) is 5.51. The number of hydrogen-bond donors (Lipinski definition) is 0. The Kier molecular flexibility index (Phi) is 5.14. The average molecular weight is 426 g/mol. The molecule has 5 rings (SSSR count). The third-order valence-corrected chi connectivity index (χ3v) is 5.48. The Labute approximate surface area is 185 Å². The molecule has 0 spiro atoms. The van der Waals surface area contributed by atoms with Crippen LogP contribution in [0.1, 0.15) is 11.3 Å². The number of ether oxygens (including phenoxy) is 1. The summed E-state index contributed by atoms with van der Waals surface area (Å²) in [5.41, 5.74) is 7.09. The molecule has 0 aliphatic carbocycles. The second-order valence-electron chi connectivity index (χ2n) is 7.33. The molecule has 3 aromatic carbocycles. The van der Waals surface area contributed by atoms with Gasteiger partial charge in [0.2, 0.25) is 0 Å². The smallest absolute Gasteiger partial charge is 0.163 e. The molecule has 5 aromatic rings. The van der Waals surface area contributed by atoms with Crippen LogP contribution in [0.5, 0.6) is 5.75 Å². The van der Waals surface area contributed by atoms with Gasteiger partial charge in [0.1, 0.15) is 12.4 Å². The normalized spacial score (nSPS) is 11.0. The molecule has 31 heavy (non-hydrogen) atoms. The van der Waals surface area contributed by atoms with E-state index < -0.39 is 0 Å². The zero-order chi connectivity index (χ0) is 21.2. The monoisotopic (exact) mass is 425 g/mol. The van der Waals surface area contributed by atoms with Crippen molar-refractivity contribution < 1.29 is 4.74 Å². The lowest BCUT2D eigenvalue weighted by Crippen LogP contribution is -1.97. The first kappa shape index (κ1) is 19.3. The van der Waals surface area contributed by atoms with Crippen molar-refractivity contribution in [2.24, 2.45) is 0 Å². The highest BCUT2D eigenvalue weighted by Gasteiger charge is 2.15. The molecule has 0 saturated heterocycles. The van der Waals surface area contributed by atoms with Crippen molar-refractivity contribution in [2.75, 3.05) is 0 Å². The molecule has 0 aliphatic heterocycles. The molecule has 0 saturated carbocycles. The van der Waals surface area contributed by atoms with Crippen LogP contribution in [0.2, 0.25) is 5.02 Å². The van der Waals surface area contributed by atoms with Crippen LogP contribution in [0.4, 0.5) is 0 Å². The number of fused-ring (bicyclic) bond motifs is 1. The quantitative estimate of drug-likeness (QED) is 0.318. The van der Waals surface area contributed by atoms with E-state index in [2.05, 4.69) is 17.1 Å². The van der Waals surface area contributed by atoms with Gasteiger partial charge in [0.05, 0.1) is 11.4 Å². The van der Waals surface area contributed by atoms with Gasteiger partial charge in [-0.15, -0.1) is 0 Å². The molecule has 0 unspecified atom stereocenters. The first-order valence-corrected chi connectivity index (χ1v) is 10.4. The number of nitrogens with zero attached hydrogens (tertiary/aromatic N) is 3. The van der Waals surface area contributed by atoms with Crippen LogP contribution in [0.15, 0.2) is 91.1 Å². The minimum absolute atomic E-state index is 0.495. The van der Waals surface area contributed by atoms with Crippen LogP contribution < -0.4 is 4.74 Å². The summed E-state index contributed by atoms with van der Waals surface area (Å²) in [7, 11) is 0. The van der Waals surface area contributed by atoms with Gasteiger partial charge in [-0.1, -0.05) is 54.1 Å². The molecule has 0 N–H and O–H groups in total. The first-order chi connectivity index (χ1) is 15.2. The molecule has 2 heterocycles. The number of benzene rings is 3. The largest absolute Gasteiger partial charge is 0.489 e. The molecule has 0 bridgehead atoms. The van der Waals surface area contributed by atoms with Crippen molar-refractivity contribution in [1.29, 1.82) is 0 Å². The van der Waals surface area contributed by atoms with Gasteiger partial charge in [-0.25, -0.2) is 9.50 Å². The molecule has 0 amide bonds. The van der Waals surface area contributed by atoms with Gasteiger partial charge in [0.15, 0.2) is 5.65 Å². The Morgan fingerprint density at radius 3 is 2.32 bits per heavy atom. The summed E-state index contributed by atoms with van der Waals surface area (Å²) in [6.07, 6.45) is 1.84. The predicted molar refractivity (Wildman–Crippen MR) is 124 cm³/mol. The Balaban J connectivity index is 1.44. The SMILES string of the molecule is Cc1nn2c(-c3ccc(OCc4ccc(Cl)cc4)cc3)ccnc2c1-c1ccccc1. The fourth-order valence-electron chi connectivity index (χ4n) is 3.68. The number of aromatic nitrogens is 3. The third kappa shape index (κ3) is 3.90. The van der Waals surface area contributed by atoms with Crippen molar-refractivity contribution in [1.82, 2.24) is 14.6 Å². The lowest BCUT2D eigenvalue weighted by molar-refractivity contribution is 0.306. The fourth-order valence-corrected chi connectivity index (χ4v) is 3.81. The summed E-state index contributed by atoms with van der Waals surface area (Å²) >= 11 is 5.94. The Morgan fingerprint density at radius 1 is 0.839 bits per heavy atom. The zero-order valence-electron chi connectivity index (χ0n) is 17.0. The average Bonchev–Trinajstić information content (AvgIpc) is 3.15. The van der Waals surface area contributed by atoms with E-state index in [-0.39, 0.29) is 0 Å². The lowest BCUT2D eigenvalue weighted by Gasteiger charge is -2.09. The summed E-state index contributed by atoms with van der Waals surface area (Å²) in [6.45, 7) is 2.52. The molecule has 0 atom stereocenters. The summed E-state index contributed by atoms with van der Waals surface area (Å²) in [6, 6.07) is 28.0. The fraction of sp³-hybridized carbons (Fsp3) is 0.0769. The van der Waals surface area contributed by atoms with Crippen LogP contribution in [0, 0.1) is 6.92 Å². The lowest BCUT2D eigenvalue weighted by atomic mass is 10.1. The molecular formula is C26H20ClN3O. The van der Waals surface area contributed by atoms with E-state index in [0.29, 0.717) is 6.61 Å². The molecule has 2 aromatic heterocycles. The topological polar surface area (TPSA) is 39.4 Å². The van der Waals surface area contributed by atoms with E-state index in [1.807, 2.05) is 90.4 Å². The van der Waals surface area contributed by atoms with Crippen molar-refractivity contribution in [3.8, 4) is 28.1 Å². The minimum atomic E-state index is 0.495. The maximum Gasteiger partial charge on any atom is 0.163 e. The first-order valence-electron chi connectivity index (χ1n) is 10.1. The molecule has 5 heteroatoms. The van der Waals surface area contributed by atoms with Crippen molar-refractivity contribution in [3.63, 3.8) is 0 Å². The molecule has 0 fully saturated rings. The maximum absolute atomic E-state index is 5.94. The van der Waals surface area contributed by atoms with E-state index in [1.165, 1.54) is 0 Å². The highest BCUT2D eigenvalue weighted by Crippen LogP contribution is 2.30. The third-order valence-electron chi connectivity index (χ3n) is 5.22. The second-order valence-corrected chi connectivity index (χ2v) is 7.77. The number of hydrogen-bond acceptors (Lipinski definition) is 3. The standard InChI is InChI=1S/C26H20ClN3O/c1-18-25(21-5-3-2-4-6-21)26-28-16-15-24(30(26)29-18)20-9-13-23(14-10-20)31-17-19-7-11-22(27)12-8-19/h2-16H,17H2,1H3.